The van der Waals surface area contributed by atoms with Crippen LogP contribution in [0.25, 0.3) is 0 Å². The second-order valence-corrected chi connectivity index (χ2v) is 5.98. The van der Waals surface area contributed by atoms with Crippen LogP contribution in [0, 0.1) is 0 Å². The highest BCUT2D eigenvalue weighted by Crippen LogP contribution is 2.20. The Bertz CT molecular complexity index is 505. The van der Waals surface area contributed by atoms with Crippen molar-refractivity contribution in [2.75, 3.05) is 13.2 Å². The third-order valence-corrected chi connectivity index (χ3v) is 3.84. The topological polar surface area (TPSA) is 58.8 Å². The maximum absolute atomic E-state index is 12.1. The van der Waals surface area contributed by atoms with Crippen LogP contribution in [0.2, 0.25) is 0 Å². The molecule has 0 bridgehead atoms. The first-order valence-corrected chi connectivity index (χ1v) is 8.26. The summed E-state index contributed by atoms with van der Waals surface area (Å²) in [5, 5.41) is 7.34. The first-order chi connectivity index (χ1) is 10.6. The van der Waals surface area contributed by atoms with E-state index in [4.69, 9.17) is 21.4 Å². The molecular weight excluding hydrogens is 332 g/mol. The molecule has 1 aromatic rings. The van der Waals surface area contributed by atoms with Crippen LogP contribution in [-0.4, -0.2) is 36.3 Å². The zero-order chi connectivity index (χ0) is 15.8. The van der Waals surface area contributed by atoms with E-state index in [9.17, 15) is 8.78 Å². The normalized spacial score (nSPS) is 18.2. The molecule has 1 atom stereocenters. The van der Waals surface area contributed by atoms with Crippen molar-refractivity contribution in [3.8, 4) is 0 Å². The van der Waals surface area contributed by atoms with Crippen molar-refractivity contribution in [2.24, 2.45) is 5.10 Å². The molecular formula is C13H17F2N3O2S2. The van der Waals surface area contributed by atoms with Crippen LogP contribution >= 0.6 is 24.0 Å². The highest BCUT2D eigenvalue weighted by atomic mass is 32.2. The Labute approximate surface area is 136 Å². The van der Waals surface area contributed by atoms with Crippen LogP contribution in [0.1, 0.15) is 24.4 Å². The van der Waals surface area contributed by atoms with Crippen LogP contribution in [0.3, 0.4) is 0 Å². The minimum absolute atomic E-state index is 0.125. The molecule has 122 valence electrons. The van der Waals surface area contributed by atoms with Gasteiger partial charge < -0.3 is 14.5 Å². The lowest BCUT2D eigenvalue weighted by atomic mass is 10.2. The molecule has 0 spiro atoms. The van der Waals surface area contributed by atoms with Crippen molar-refractivity contribution in [3.63, 3.8) is 0 Å². The average Bonchev–Trinajstić information content (AvgIpc) is 3.14. The lowest BCUT2D eigenvalue weighted by Gasteiger charge is -2.11. The van der Waals surface area contributed by atoms with Gasteiger partial charge in [-0.3, -0.25) is 5.43 Å². The Kier molecular flexibility index (Phi) is 7.07. The molecule has 1 fully saturated rings. The van der Waals surface area contributed by atoms with Crippen LogP contribution in [0.4, 0.5) is 8.78 Å². The highest BCUT2D eigenvalue weighted by molar-refractivity contribution is 7.98. The standard InChI is InChI=1S/C13H17F2N3O2S2/c14-12(15)22-8-11-4-3-10(20-11)7-17-18-13(21)16-6-9-2-1-5-19-9/h3-4,7,9,12H,1-2,5-6,8H2,(H2,16,18,21)/b17-7-/t9-/m1/s1. The largest absolute Gasteiger partial charge is 0.459 e. The summed E-state index contributed by atoms with van der Waals surface area (Å²) >= 11 is 5.59. The van der Waals surface area contributed by atoms with Crippen molar-refractivity contribution in [2.45, 2.75) is 30.5 Å². The van der Waals surface area contributed by atoms with Gasteiger partial charge in [0.2, 0.25) is 0 Å². The fourth-order valence-corrected chi connectivity index (χ4v) is 2.47. The Balaban J connectivity index is 1.66. The smallest absolute Gasteiger partial charge is 0.284 e. The molecule has 5 nitrogen and oxygen atoms in total. The van der Waals surface area contributed by atoms with E-state index in [1.54, 1.807) is 12.1 Å². The SMILES string of the molecule is FC(F)SCc1ccc(/C=N\NC(=S)NC[C@H]2CCCO2)o1. The molecule has 9 heteroatoms. The number of hydrogen-bond acceptors (Lipinski definition) is 5. The average molecular weight is 349 g/mol. The predicted molar refractivity (Wildman–Crippen MR) is 86.3 cm³/mol. The minimum atomic E-state index is -2.41. The lowest BCUT2D eigenvalue weighted by Crippen LogP contribution is -2.37. The van der Waals surface area contributed by atoms with Crippen molar-refractivity contribution in [1.82, 2.24) is 10.7 Å². The lowest BCUT2D eigenvalue weighted by molar-refractivity contribution is 0.114. The number of furan rings is 1. The van der Waals surface area contributed by atoms with E-state index in [0.717, 1.165) is 19.4 Å². The minimum Gasteiger partial charge on any atom is -0.459 e. The van der Waals surface area contributed by atoms with Gasteiger partial charge in [-0.25, -0.2) is 0 Å². The first-order valence-electron chi connectivity index (χ1n) is 6.80. The van der Waals surface area contributed by atoms with Gasteiger partial charge in [0.05, 0.1) is 18.1 Å². The molecule has 1 aliphatic rings. The van der Waals surface area contributed by atoms with E-state index in [1.807, 2.05) is 0 Å². The Hall–Kier alpha value is -1.19. The Morgan fingerprint density at radius 2 is 2.41 bits per heavy atom. The molecule has 2 N–H and O–H groups in total. The first kappa shape index (κ1) is 17.2. The maximum Gasteiger partial charge on any atom is 0.284 e. The van der Waals surface area contributed by atoms with E-state index in [2.05, 4.69) is 15.8 Å². The van der Waals surface area contributed by atoms with Gasteiger partial charge in [-0.1, -0.05) is 11.8 Å². The molecule has 0 radical (unpaired) electrons. The van der Waals surface area contributed by atoms with Gasteiger partial charge in [0.1, 0.15) is 11.5 Å². The maximum atomic E-state index is 12.1. The van der Waals surface area contributed by atoms with Crippen molar-refractivity contribution in [3.05, 3.63) is 23.7 Å². The van der Waals surface area contributed by atoms with Gasteiger partial charge >= 0.3 is 0 Å². The molecule has 0 amide bonds. The van der Waals surface area contributed by atoms with Crippen molar-refractivity contribution >= 4 is 35.3 Å². The number of hydrazone groups is 1. The molecule has 0 aliphatic carbocycles. The van der Waals surface area contributed by atoms with E-state index in [-0.39, 0.29) is 11.9 Å². The summed E-state index contributed by atoms with van der Waals surface area (Å²) in [4.78, 5) is 0. The van der Waals surface area contributed by atoms with Gasteiger partial charge in [0, 0.05) is 13.2 Å². The Morgan fingerprint density at radius 1 is 1.55 bits per heavy atom. The second-order valence-electron chi connectivity index (χ2n) is 4.59. The van der Waals surface area contributed by atoms with E-state index >= 15 is 0 Å². The summed E-state index contributed by atoms with van der Waals surface area (Å²) < 4.78 is 34.9. The molecule has 2 rings (SSSR count). The summed E-state index contributed by atoms with van der Waals surface area (Å²) in [6.07, 6.45) is 3.75. The monoisotopic (exact) mass is 349 g/mol. The quantitative estimate of drug-likeness (QED) is 0.448. The molecule has 2 heterocycles. The van der Waals surface area contributed by atoms with Crippen LogP contribution in [0.15, 0.2) is 21.7 Å². The highest BCUT2D eigenvalue weighted by Gasteiger charge is 2.15. The summed E-state index contributed by atoms with van der Waals surface area (Å²) in [6, 6.07) is 3.31. The number of rotatable bonds is 7. The number of halogens is 2. The zero-order valence-corrected chi connectivity index (χ0v) is 13.4. The molecule has 22 heavy (non-hydrogen) atoms. The number of hydrogen-bond donors (Lipinski definition) is 2. The molecule has 1 saturated heterocycles. The number of thioether (sulfide) groups is 1. The summed E-state index contributed by atoms with van der Waals surface area (Å²) in [6.45, 7) is 1.45. The number of ether oxygens (including phenoxy) is 1. The van der Waals surface area contributed by atoms with Crippen LogP contribution in [-0.2, 0) is 10.5 Å². The summed E-state index contributed by atoms with van der Waals surface area (Å²) in [5.74, 6) is -1.33. The molecule has 1 aliphatic heterocycles. The van der Waals surface area contributed by atoms with E-state index < -0.39 is 5.76 Å². The van der Waals surface area contributed by atoms with Crippen LogP contribution < -0.4 is 10.7 Å². The number of nitrogens with zero attached hydrogens (tertiary/aromatic N) is 1. The predicted octanol–water partition coefficient (Wildman–Crippen LogP) is 2.71. The Morgan fingerprint density at radius 3 is 3.14 bits per heavy atom. The number of nitrogens with one attached hydrogen (secondary N) is 2. The molecule has 0 saturated carbocycles. The second kappa shape index (κ2) is 9.06. The number of thiocarbonyl (C=S) groups is 1. The zero-order valence-electron chi connectivity index (χ0n) is 11.8. The van der Waals surface area contributed by atoms with Crippen molar-refractivity contribution < 1.29 is 17.9 Å². The third kappa shape index (κ3) is 6.29. The van der Waals surface area contributed by atoms with Gasteiger partial charge in [-0.2, -0.15) is 13.9 Å². The molecule has 1 aromatic heterocycles. The summed E-state index contributed by atoms with van der Waals surface area (Å²) in [5.41, 5.74) is 2.66. The summed E-state index contributed by atoms with van der Waals surface area (Å²) in [7, 11) is 0. The fourth-order valence-electron chi connectivity index (χ4n) is 1.89. The third-order valence-electron chi connectivity index (χ3n) is 2.91. The van der Waals surface area contributed by atoms with Gasteiger partial charge in [0.25, 0.3) is 5.76 Å². The van der Waals surface area contributed by atoms with Crippen LogP contribution in [0.5, 0.6) is 0 Å². The van der Waals surface area contributed by atoms with Crippen molar-refractivity contribution in [1.29, 1.82) is 0 Å². The van der Waals surface area contributed by atoms with Gasteiger partial charge in [-0.05, 0) is 37.2 Å². The molecule has 0 unspecified atom stereocenters. The molecule has 0 aromatic carbocycles. The van der Waals surface area contributed by atoms with E-state index in [1.165, 1.54) is 6.21 Å². The number of alkyl halides is 2. The fraction of sp³-hybridized carbons (Fsp3) is 0.538. The van der Waals surface area contributed by atoms with Gasteiger partial charge in [0.15, 0.2) is 5.11 Å². The van der Waals surface area contributed by atoms with E-state index in [0.29, 0.717) is 34.9 Å². The van der Waals surface area contributed by atoms with Gasteiger partial charge in [-0.15, -0.1) is 0 Å².